The van der Waals surface area contributed by atoms with Crippen LogP contribution in [0, 0.1) is 0 Å². The minimum Gasteiger partial charge on any atom is -0.490 e. The first kappa shape index (κ1) is 31.9. The minimum atomic E-state index is -0.298. The van der Waals surface area contributed by atoms with Crippen LogP contribution in [0.15, 0.2) is 24.3 Å². The number of hydrogen-bond acceptors (Lipinski definition) is 5. The highest BCUT2D eigenvalue weighted by molar-refractivity contribution is 6.36. The van der Waals surface area contributed by atoms with E-state index in [-0.39, 0.29) is 11.9 Å². The second-order valence-corrected chi connectivity index (χ2v) is 10.5. The lowest BCUT2D eigenvalue weighted by Crippen LogP contribution is -2.12. The predicted molar refractivity (Wildman–Crippen MR) is 157 cm³/mol. The molecule has 0 aromatic heterocycles. The van der Waals surface area contributed by atoms with Crippen molar-refractivity contribution >= 4 is 34.3 Å². The normalized spacial score (nSPS) is 11.1. The fourth-order valence-corrected chi connectivity index (χ4v) is 4.71. The van der Waals surface area contributed by atoms with Crippen molar-refractivity contribution in [3.8, 4) is 17.2 Å². The summed E-state index contributed by atoms with van der Waals surface area (Å²) in [5.41, 5.74) is 0. The third-order valence-electron chi connectivity index (χ3n) is 6.65. The number of halogens is 1. The van der Waals surface area contributed by atoms with Crippen LogP contribution in [0.25, 0.3) is 10.8 Å². The maximum Gasteiger partial charge on any atom is 0.311 e. The van der Waals surface area contributed by atoms with E-state index >= 15 is 0 Å². The second kappa shape index (κ2) is 18.9. The summed E-state index contributed by atoms with van der Waals surface area (Å²) in [6.07, 6.45) is 15.4. The molecule has 0 aliphatic carbocycles. The lowest BCUT2D eigenvalue weighted by Gasteiger charge is -2.18. The van der Waals surface area contributed by atoms with E-state index in [1.54, 1.807) is 18.2 Å². The third kappa shape index (κ3) is 11.2. The van der Waals surface area contributed by atoms with Gasteiger partial charge in [0, 0.05) is 29.7 Å². The molecule has 2 aromatic carbocycles. The molecule has 0 heterocycles. The average Bonchev–Trinajstić information content (AvgIpc) is 2.90. The van der Waals surface area contributed by atoms with Gasteiger partial charge in [-0.3, -0.25) is 9.59 Å². The first-order valence-electron chi connectivity index (χ1n) is 14.8. The zero-order valence-electron chi connectivity index (χ0n) is 23.7. The van der Waals surface area contributed by atoms with Gasteiger partial charge in [0.25, 0.3) is 0 Å². The molecular weight excluding hydrogens is 500 g/mol. The van der Waals surface area contributed by atoms with E-state index in [1.807, 2.05) is 6.07 Å². The van der Waals surface area contributed by atoms with Crippen LogP contribution in [-0.2, 0) is 9.59 Å². The number of fused-ring (bicyclic) bond motifs is 1. The molecule has 0 saturated carbocycles. The summed E-state index contributed by atoms with van der Waals surface area (Å²) >= 11 is 6.59. The van der Waals surface area contributed by atoms with Gasteiger partial charge in [-0.25, -0.2) is 0 Å². The third-order valence-corrected chi connectivity index (χ3v) is 6.97. The van der Waals surface area contributed by atoms with E-state index in [0.29, 0.717) is 52.5 Å². The van der Waals surface area contributed by atoms with Gasteiger partial charge in [0.15, 0.2) is 11.5 Å². The number of rotatable bonds is 20. The van der Waals surface area contributed by atoms with Gasteiger partial charge in [-0.15, -0.1) is 0 Å². The Hall–Kier alpha value is -2.27. The monoisotopic (exact) mass is 546 g/mol. The molecule has 2 rings (SSSR count). The maximum atomic E-state index is 12.8. The van der Waals surface area contributed by atoms with Crippen molar-refractivity contribution in [2.75, 3.05) is 6.61 Å². The van der Waals surface area contributed by atoms with Crippen LogP contribution in [0.5, 0.6) is 17.2 Å². The van der Waals surface area contributed by atoms with Crippen molar-refractivity contribution < 1.29 is 23.8 Å². The van der Waals surface area contributed by atoms with E-state index in [9.17, 15) is 9.59 Å². The smallest absolute Gasteiger partial charge is 0.311 e. The molecule has 0 saturated heterocycles. The summed E-state index contributed by atoms with van der Waals surface area (Å²) in [4.78, 5) is 25.5. The highest BCUT2D eigenvalue weighted by Gasteiger charge is 2.22. The number of esters is 2. The largest absolute Gasteiger partial charge is 0.490 e. The standard InChI is InChI=1S/C32H47ClO5/c1-4-7-10-13-15-21-29(34)37-27-24-28(36-23-17-12-9-6-3)32(25-19-18-20-26(33)31(25)27)38-30(35)22-16-14-11-8-5-2/h18-20,24H,4-17,21-23H2,1-3H3. The molecular formula is C32H47ClO5. The van der Waals surface area contributed by atoms with Crippen LogP contribution in [0.2, 0.25) is 5.02 Å². The Morgan fingerprint density at radius 2 is 1.24 bits per heavy atom. The lowest BCUT2D eigenvalue weighted by molar-refractivity contribution is -0.135. The Morgan fingerprint density at radius 1 is 0.684 bits per heavy atom. The first-order valence-corrected chi connectivity index (χ1v) is 15.2. The maximum absolute atomic E-state index is 12.8. The number of benzene rings is 2. The highest BCUT2D eigenvalue weighted by Crippen LogP contribution is 2.45. The number of ether oxygens (including phenoxy) is 3. The zero-order chi connectivity index (χ0) is 27.6. The summed E-state index contributed by atoms with van der Waals surface area (Å²) in [7, 11) is 0. The molecule has 0 aliphatic rings. The zero-order valence-corrected chi connectivity index (χ0v) is 24.5. The van der Waals surface area contributed by atoms with Gasteiger partial charge in [-0.2, -0.15) is 0 Å². The number of hydrogen-bond donors (Lipinski definition) is 0. The van der Waals surface area contributed by atoms with Crippen LogP contribution >= 0.6 is 11.6 Å². The molecule has 0 spiro atoms. The lowest BCUT2D eigenvalue weighted by atomic mass is 10.1. The Kier molecular flexibility index (Phi) is 15.9. The van der Waals surface area contributed by atoms with Crippen molar-refractivity contribution in [3.63, 3.8) is 0 Å². The van der Waals surface area contributed by atoms with E-state index in [1.165, 1.54) is 12.8 Å². The molecule has 6 heteroatoms. The molecule has 0 unspecified atom stereocenters. The van der Waals surface area contributed by atoms with E-state index < -0.39 is 0 Å². The molecule has 0 amide bonds. The Bertz CT molecular complexity index is 987. The quantitative estimate of drug-likeness (QED) is 0.0938. The number of unbranched alkanes of at least 4 members (excludes halogenated alkanes) is 11. The molecule has 0 bridgehead atoms. The summed E-state index contributed by atoms with van der Waals surface area (Å²) in [5.74, 6) is 0.494. The van der Waals surface area contributed by atoms with Gasteiger partial charge in [0.1, 0.15) is 5.75 Å². The Labute approximate surface area is 234 Å². The summed E-state index contributed by atoms with van der Waals surface area (Å²) in [5, 5.41) is 1.59. The van der Waals surface area contributed by atoms with E-state index in [4.69, 9.17) is 25.8 Å². The van der Waals surface area contributed by atoms with E-state index in [2.05, 4.69) is 20.8 Å². The molecule has 0 N–H and O–H groups in total. The van der Waals surface area contributed by atoms with Crippen LogP contribution in [0.3, 0.4) is 0 Å². The molecule has 2 aromatic rings. The Balaban J connectivity index is 2.27. The second-order valence-electron chi connectivity index (χ2n) is 10.1. The fraction of sp³-hybridized carbons (Fsp3) is 0.625. The van der Waals surface area contributed by atoms with Gasteiger partial charge < -0.3 is 14.2 Å². The molecule has 0 aliphatic heterocycles. The average molecular weight is 547 g/mol. The van der Waals surface area contributed by atoms with Gasteiger partial charge in [0.2, 0.25) is 0 Å². The molecule has 38 heavy (non-hydrogen) atoms. The number of carbonyl (C=O) groups is 2. The van der Waals surface area contributed by atoms with Crippen LogP contribution < -0.4 is 14.2 Å². The molecule has 0 fully saturated rings. The van der Waals surface area contributed by atoms with Crippen molar-refractivity contribution in [3.05, 3.63) is 29.3 Å². The van der Waals surface area contributed by atoms with Gasteiger partial charge >= 0.3 is 11.9 Å². The number of carbonyl (C=O) groups excluding carboxylic acids is 2. The van der Waals surface area contributed by atoms with Crippen molar-refractivity contribution in [1.29, 1.82) is 0 Å². The predicted octanol–water partition coefficient (Wildman–Crippen LogP) is 9.98. The SMILES string of the molecule is CCCCCCCC(=O)Oc1c(OCCCCCC)cc(OC(=O)CCCCCCC)c2c(Cl)cccc12. The Morgan fingerprint density at radius 3 is 1.84 bits per heavy atom. The summed E-state index contributed by atoms with van der Waals surface area (Å²) < 4.78 is 17.8. The van der Waals surface area contributed by atoms with Crippen molar-refractivity contribution in [2.45, 2.75) is 124 Å². The first-order chi connectivity index (χ1) is 18.5. The summed E-state index contributed by atoms with van der Waals surface area (Å²) in [6, 6.07) is 7.04. The highest BCUT2D eigenvalue weighted by atomic mass is 35.5. The molecule has 212 valence electrons. The van der Waals surface area contributed by atoms with Crippen LogP contribution in [0.4, 0.5) is 0 Å². The molecule has 0 radical (unpaired) electrons. The van der Waals surface area contributed by atoms with Crippen LogP contribution in [-0.4, -0.2) is 18.5 Å². The van der Waals surface area contributed by atoms with Crippen molar-refractivity contribution in [1.82, 2.24) is 0 Å². The minimum absolute atomic E-state index is 0.296. The van der Waals surface area contributed by atoms with Crippen LogP contribution in [0.1, 0.15) is 124 Å². The molecule has 0 atom stereocenters. The molecule has 5 nitrogen and oxygen atoms in total. The van der Waals surface area contributed by atoms with Gasteiger partial charge in [0.05, 0.1) is 11.6 Å². The van der Waals surface area contributed by atoms with Crippen molar-refractivity contribution in [2.24, 2.45) is 0 Å². The summed E-state index contributed by atoms with van der Waals surface area (Å²) in [6.45, 7) is 6.99. The van der Waals surface area contributed by atoms with Gasteiger partial charge in [-0.1, -0.05) is 115 Å². The topological polar surface area (TPSA) is 61.8 Å². The van der Waals surface area contributed by atoms with Gasteiger partial charge in [-0.05, 0) is 25.3 Å². The van der Waals surface area contributed by atoms with E-state index in [0.717, 1.165) is 77.0 Å². The fourth-order valence-electron chi connectivity index (χ4n) is 4.44.